The van der Waals surface area contributed by atoms with Crippen molar-refractivity contribution in [3.63, 3.8) is 0 Å². The van der Waals surface area contributed by atoms with Gasteiger partial charge in [0.2, 0.25) is 0 Å². The fourth-order valence-electron chi connectivity index (χ4n) is 0.876. The van der Waals surface area contributed by atoms with Gasteiger partial charge in [-0.25, -0.2) is 4.79 Å². The molecule has 3 nitrogen and oxygen atoms in total. The summed E-state index contributed by atoms with van der Waals surface area (Å²) in [7, 11) is 0. The van der Waals surface area contributed by atoms with Gasteiger partial charge in [-0.15, -0.1) is 0 Å². The Kier molecular flexibility index (Phi) is 2.58. The van der Waals surface area contributed by atoms with Crippen LogP contribution in [0.2, 0.25) is 0 Å². The predicted octanol–water partition coefficient (Wildman–Crippen LogP) is 1.45. The average molecular weight is 164 g/mol. The second-order valence-corrected chi connectivity index (χ2v) is 2.45. The molecular weight excluding hydrogens is 154 g/mol. The number of carboxylic acids is 1. The van der Waals surface area contributed by atoms with E-state index >= 15 is 0 Å². The summed E-state index contributed by atoms with van der Waals surface area (Å²) in [5.74, 6) is -1.15. The molecule has 3 heteroatoms. The Balaban J connectivity index is 0.00000144. The molecule has 62 valence electrons. The summed E-state index contributed by atoms with van der Waals surface area (Å²) in [6.07, 6.45) is 0.191. The summed E-state index contributed by atoms with van der Waals surface area (Å²) < 4.78 is 0. The van der Waals surface area contributed by atoms with E-state index in [4.69, 9.17) is 10.5 Å². The van der Waals surface area contributed by atoms with Crippen molar-refractivity contribution in [1.82, 2.24) is 0 Å². The summed E-state index contributed by atoms with van der Waals surface area (Å²) in [6, 6.07) is 9.11. The molecule has 12 heavy (non-hydrogen) atoms. The van der Waals surface area contributed by atoms with Crippen LogP contribution in [-0.2, 0) is 11.2 Å². The molecule has 0 bridgehead atoms. The lowest BCUT2D eigenvalue weighted by molar-refractivity contribution is -0.129. The van der Waals surface area contributed by atoms with Crippen LogP contribution < -0.4 is 0 Å². The maximum atomic E-state index is 10.3. The number of hydrogen-bond acceptors (Lipinski definition) is 2. The molecule has 0 atom stereocenters. The van der Waals surface area contributed by atoms with Crippen molar-refractivity contribution in [3.8, 4) is 0 Å². The van der Waals surface area contributed by atoms with Gasteiger partial charge in [-0.05, 0) is 5.56 Å². The molecule has 0 fully saturated rings. The minimum atomic E-state index is -1.15. The molecule has 0 aromatic heterocycles. The van der Waals surface area contributed by atoms with Gasteiger partial charge in [-0.1, -0.05) is 30.3 Å². The maximum Gasteiger partial charge on any atom is 1.00 e. The average Bonchev–Trinajstić information content (AvgIpc) is 2.06. The fraction of sp³-hybridized carbons (Fsp3) is 0.111. The van der Waals surface area contributed by atoms with Crippen molar-refractivity contribution in [2.75, 3.05) is 0 Å². The Bertz CT molecular complexity index is 298. The topological polar surface area (TPSA) is 61.2 Å². The molecule has 0 spiro atoms. The van der Waals surface area contributed by atoms with E-state index in [0.717, 1.165) is 5.56 Å². The van der Waals surface area contributed by atoms with Crippen molar-refractivity contribution >= 4 is 11.7 Å². The third-order valence-electron chi connectivity index (χ3n) is 1.48. The van der Waals surface area contributed by atoms with Gasteiger partial charge in [0.1, 0.15) is 5.71 Å². The second kappa shape index (κ2) is 3.67. The molecule has 0 aliphatic heterocycles. The van der Waals surface area contributed by atoms with Gasteiger partial charge in [0.25, 0.3) is 0 Å². The highest BCUT2D eigenvalue weighted by Crippen LogP contribution is 1.99. The standard InChI is InChI=1S/C9H9NO2/c10-8(9(11)12)6-7-4-2-1-3-5-7/h1-5,10H,6H2,(H,11,12)/p+1. The number of rotatable bonds is 3. The molecule has 0 saturated heterocycles. The van der Waals surface area contributed by atoms with Crippen LogP contribution in [0.4, 0.5) is 0 Å². The Hall–Kier alpha value is -1.64. The van der Waals surface area contributed by atoms with Gasteiger partial charge >= 0.3 is 7.40 Å². The predicted molar refractivity (Wildman–Crippen MR) is 46.6 cm³/mol. The van der Waals surface area contributed by atoms with Crippen molar-refractivity contribution in [3.05, 3.63) is 35.9 Å². The molecule has 0 unspecified atom stereocenters. The number of nitrogens with one attached hydrogen (secondary N) is 1. The minimum absolute atomic E-state index is 0. The molecule has 0 saturated carbocycles. The van der Waals surface area contributed by atoms with E-state index in [-0.39, 0.29) is 13.6 Å². The maximum absolute atomic E-state index is 10.3. The molecule has 0 amide bonds. The first-order valence-corrected chi connectivity index (χ1v) is 3.55. The van der Waals surface area contributed by atoms with Gasteiger partial charge in [0.05, 0.1) is 0 Å². The number of aliphatic carboxylic acids is 1. The number of hydrogen-bond donors (Lipinski definition) is 2. The van der Waals surface area contributed by atoms with Crippen LogP contribution in [0.3, 0.4) is 0 Å². The van der Waals surface area contributed by atoms with Gasteiger partial charge < -0.3 is 5.11 Å². The molecule has 2 N–H and O–H groups in total. The zero-order chi connectivity index (χ0) is 8.97. The van der Waals surface area contributed by atoms with Gasteiger partial charge in [0, 0.05) is 6.42 Å². The molecule has 1 aromatic rings. The first-order valence-electron chi connectivity index (χ1n) is 3.55. The number of carbonyl (C=O) groups is 1. The molecule has 1 aromatic carbocycles. The van der Waals surface area contributed by atoms with Crippen LogP contribution in [0.1, 0.15) is 6.99 Å². The van der Waals surface area contributed by atoms with Crippen LogP contribution in [0.25, 0.3) is 0 Å². The zero-order valence-corrected chi connectivity index (χ0v) is 6.45. The summed E-state index contributed by atoms with van der Waals surface area (Å²) in [4.78, 5) is 10.3. The number of carboxylic acid groups (broad SMARTS) is 1. The smallest absolute Gasteiger partial charge is 0.477 e. The van der Waals surface area contributed by atoms with E-state index in [9.17, 15) is 4.79 Å². The lowest BCUT2D eigenvalue weighted by atomic mass is 10.1. The molecule has 0 aliphatic rings. The van der Waals surface area contributed by atoms with E-state index in [0.29, 0.717) is 0 Å². The molecular formula is C9H10NO2+. The van der Waals surface area contributed by atoms with Crippen molar-refractivity contribution in [2.45, 2.75) is 6.42 Å². The zero-order valence-electron chi connectivity index (χ0n) is 7.45. The SMILES string of the molecule is N=C(Cc1ccccc1)C(=O)O.[H+]. The monoisotopic (exact) mass is 164 g/mol. The molecule has 0 aliphatic carbocycles. The first kappa shape index (κ1) is 8.46. The van der Waals surface area contributed by atoms with Gasteiger partial charge in [0.15, 0.2) is 0 Å². The minimum Gasteiger partial charge on any atom is -0.477 e. The number of benzene rings is 1. The Morgan fingerprint density at radius 2 is 2.00 bits per heavy atom. The Labute approximate surface area is 71.7 Å². The highest BCUT2D eigenvalue weighted by molar-refractivity contribution is 6.34. The molecule has 1 rings (SSSR count). The van der Waals surface area contributed by atoms with Crippen LogP contribution in [0.15, 0.2) is 30.3 Å². The van der Waals surface area contributed by atoms with Crippen LogP contribution in [-0.4, -0.2) is 16.8 Å². The lowest BCUT2D eigenvalue weighted by Crippen LogP contribution is -2.13. The summed E-state index contributed by atoms with van der Waals surface area (Å²) in [5.41, 5.74) is 0.575. The quantitative estimate of drug-likeness (QED) is 0.664. The third-order valence-corrected chi connectivity index (χ3v) is 1.48. The van der Waals surface area contributed by atoms with Crippen LogP contribution in [0, 0.1) is 5.41 Å². The van der Waals surface area contributed by atoms with Crippen molar-refractivity contribution < 1.29 is 11.3 Å². The van der Waals surface area contributed by atoms with Gasteiger partial charge in [-0.3, -0.25) is 5.41 Å². The second-order valence-electron chi connectivity index (χ2n) is 2.45. The van der Waals surface area contributed by atoms with Crippen LogP contribution >= 0.6 is 0 Å². The molecule has 0 heterocycles. The van der Waals surface area contributed by atoms with Gasteiger partial charge in [-0.2, -0.15) is 0 Å². The lowest BCUT2D eigenvalue weighted by Gasteiger charge is -1.97. The van der Waals surface area contributed by atoms with Crippen molar-refractivity contribution in [2.24, 2.45) is 0 Å². The summed E-state index contributed by atoms with van der Waals surface area (Å²) in [5, 5.41) is 15.5. The Morgan fingerprint density at radius 1 is 1.42 bits per heavy atom. The summed E-state index contributed by atoms with van der Waals surface area (Å²) in [6.45, 7) is 0. The largest absolute Gasteiger partial charge is 1.00 e. The van der Waals surface area contributed by atoms with Crippen molar-refractivity contribution in [1.29, 1.82) is 5.41 Å². The highest BCUT2D eigenvalue weighted by atomic mass is 16.4. The fourth-order valence-corrected chi connectivity index (χ4v) is 0.876. The van der Waals surface area contributed by atoms with E-state index < -0.39 is 5.97 Å². The summed E-state index contributed by atoms with van der Waals surface area (Å²) >= 11 is 0. The van der Waals surface area contributed by atoms with E-state index in [1.54, 1.807) is 12.1 Å². The normalized spacial score (nSPS) is 9.33. The van der Waals surface area contributed by atoms with E-state index in [2.05, 4.69) is 0 Å². The highest BCUT2D eigenvalue weighted by Gasteiger charge is 2.06. The third kappa shape index (κ3) is 2.20. The van der Waals surface area contributed by atoms with E-state index in [1.807, 2.05) is 18.2 Å². The van der Waals surface area contributed by atoms with E-state index in [1.165, 1.54) is 0 Å². The first-order chi connectivity index (χ1) is 5.70. The Morgan fingerprint density at radius 3 is 2.50 bits per heavy atom. The molecule has 0 radical (unpaired) electrons. The van der Waals surface area contributed by atoms with Crippen LogP contribution in [0.5, 0.6) is 0 Å².